The zero-order valence-corrected chi connectivity index (χ0v) is 12.2. The van der Waals surface area contributed by atoms with Crippen LogP contribution in [0.4, 0.5) is 0 Å². The molecule has 0 aliphatic carbocycles. The Labute approximate surface area is 122 Å². The number of thiophene rings is 1. The number of rotatable bonds is 6. The molecule has 1 amide bonds. The van der Waals surface area contributed by atoms with Gasteiger partial charge in [-0.15, -0.1) is 11.3 Å². The summed E-state index contributed by atoms with van der Waals surface area (Å²) in [7, 11) is 0. The Morgan fingerprint density at radius 2 is 1.85 bits per heavy atom. The monoisotopic (exact) mass is 287 g/mol. The summed E-state index contributed by atoms with van der Waals surface area (Å²) in [6.07, 6.45) is 1.96. The third kappa shape index (κ3) is 3.33. The van der Waals surface area contributed by atoms with Crippen LogP contribution in [0.2, 0.25) is 0 Å². The van der Waals surface area contributed by atoms with Gasteiger partial charge in [-0.05, 0) is 23.9 Å². The van der Waals surface area contributed by atoms with Crippen molar-refractivity contribution >= 4 is 23.0 Å². The van der Waals surface area contributed by atoms with Gasteiger partial charge in [0.15, 0.2) is 0 Å². The van der Waals surface area contributed by atoms with Gasteiger partial charge in [0, 0.05) is 12.1 Å². The average Bonchev–Trinajstić information content (AvgIpc) is 3.01. The fraction of sp³-hybridized carbons (Fsp3) is 0.250. The van der Waals surface area contributed by atoms with Crippen LogP contribution in [-0.4, -0.2) is 18.2 Å². The lowest BCUT2D eigenvalue weighted by molar-refractivity contribution is 0.0942. The highest BCUT2D eigenvalue weighted by Gasteiger charge is 2.18. The predicted octanol–water partition coefficient (Wildman–Crippen LogP) is 3.51. The Bertz CT molecular complexity index is 590. The van der Waals surface area contributed by atoms with Crippen LogP contribution in [0, 0.1) is 0 Å². The summed E-state index contributed by atoms with van der Waals surface area (Å²) in [6, 6.07) is 10.6. The van der Waals surface area contributed by atoms with Crippen LogP contribution in [0.15, 0.2) is 41.8 Å². The SMILES string of the molecule is CCCCNC(=O)c1ccccc1C(=O)c1cccs1. The van der Waals surface area contributed by atoms with Gasteiger partial charge in [-0.2, -0.15) is 0 Å². The van der Waals surface area contributed by atoms with Crippen molar-refractivity contribution in [3.8, 4) is 0 Å². The van der Waals surface area contributed by atoms with E-state index >= 15 is 0 Å². The Balaban J connectivity index is 2.22. The van der Waals surface area contributed by atoms with E-state index in [0.29, 0.717) is 22.5 Å². The Hall–Kier alpha value is -1.94. The van der Waals surface area contributed by atoms with Crippen molar-refractivity contribution in [1.82, 2.24) is 5.32 Å². The minimum Gasteiger partial charge on any atom is -0.352 e. The van der Waals surface area contributed by atoms with Crippen LogP contribution in [0.5, 0.6) is 0 Å². The zero-order chi connectivity index (χ0) is 14.4. The first kappa shape index (κ1) is 14.5. The van der Waals surface area contributed by atoms with E-state index < -0.39 is 0 Å². The molecule has 0 aliphatic heterocycles. The smallest absolute Gasteiger partial charge is 0.252 e. The first-order chi connectivity index (χ1) is 9.74. The van der Waals surface area contributed by atoms with E-state index in [2.05, 4.69) is 12.2 Å². The molecule has 1 aromatic heterocycles. The number of hydrogen-bond acceptors (Lipinski definition) is 3. The van der Waals surface area contributed by atoms with Gasteiger partial charge in [-0.1, -0.05) is 37.6 Å². The van der Waals surface area contributed by atoms with Gasteiger partial charge in [-0.3, -0.25) is 9.59 Å². The molecular formula is C16H17NO2S. The van der Waals surface area contributed by atoms with E-state index in [1.165, 1.54) is 11.3 Å². The highest BCUT2D eigenvalue weighted by atomic mass is 32.1. The van der Waals surface area contributed by atoms with Crippen molar-refractivity contribution in [2.75, 3.05) is 6.54 Å². The van der Waals surface area contributed by atoms with Gasteiger partial charge >= 0.3 is 0 Å². The highest BCUT2D eigenvalue weighted by Crippen LogP contribution is 2.18. The third-order valence-corrected chi connectivity index (χ3v) is 3.85. The van der Waals surface area contributed by atoms with E-state index in [1.807, 2.05) is 11.4 Å². The van der Waals surface area contributed by atoms with Crippen LogP contribution in [0.1, 0.15) is 45.4 Å². The molecule has 1 N–H and O–H groups in total. The maximum atomic E-state index is 12.4. The largest absolute Gasteiger partial charge is 0.352 e. The predicted molar refractivity (Wildman–Crippen MR) is 81.4 cm³/mol. The second-order valence-corrected chi connectivity index (χ2v) is 5.41. The van der Waals surface area contributed by atoms with E-state index in [1.54, 1.807) is 30.3 Å². The Morgan fingerprint density at radius 1 is 1.10 bits per heavy atom. The van der Waals surface area contributed by atoms with Crippen molar-refractivity contribution < 1.29 is 9.59 Å². The zero-order valence-electron chi connectivity index (χ0n) is 11.4. The highest BCUT2D eigenvalue weighted by molar-refractivity contribution is 7.12. The van der Waals surface area contributed by atoms with E-state index in [0.717, 1.165) is 12.8 Å². The number of hydrogen-bond donors (Lipinski definition) is 1. The number of carbonyl (C=O) groups is 2. The van der Waals surface area contributed by atoms with Gasteiger partial charge in [0.1, 0.15) is 0 Å². The molecule has 0 unspecified atom stereocenters. The summed E-state index contributed by atoms with van der Waals surface area (Å²) in [5.74, 6) is -0.278. The van der Waals surface area contributed by atoms with Crippen molar-refractivity contribution in [2.45, 2.75) is 19.8 Å². The molecule has 104 valence electrons. The van der Waals surface area contributed by atoms with Gasteiger partial charge < -0.3 is 5.32 Å². The molecular weight excluding hydrogens is 270 g/mol. The Morgan fingerprint density at radius 3 is 2.50 bits per heavy atom. The molecule has 0 fully saturated rings. The lowest BCUT2D eigenvalue weighted by atomic mass is 10.0. The van der Waals surface area contributed by atoms with Crippen LogP contribution in [-0.2, 0) is 0 Å². The summed E-state index contributed by atoms with van der Waals surface area (Å²) in [5.41, 5.74) is 0.908. The molecule has 0 bridgehead atoms. The Kier molecular flexibility index (Phi) is 5.07. The number of benzene rings is 1. The van der Waals surface area contributed by atoms with Gasteiger partial charge in [0.05, 0.1) is 10.4 Å². The molecule has 4 heteroatoms. The van der Waals surface area contributed by atoms with Gasteiger partial charge in [0.25, 0.3) is 5.91 Å². The number of unbranched alkanes of at least 4 members (excludes halogenated alkanes) is 1. The number of ketones is 1. The molecule has 20 heavy (non-hydrogen) atoms. The second kappa shape index (κ2) is 7.01. The lowest BCUT2D eigenvalue weighted by Gasteiger charge is -2.08. The second-order valence-electron chi connectivity index (χ2n) is 4.46. The third-order valence-electron chi connectivity index (χ3n) is 2.98. The molecule has 0 atom stereocenters. The van der Waals surface area contributed by atoms with Gasteiger partial charge in [0.2, 0.25) is 5.78 Å². The maximum Gasteiger partial charge on any atom is 0.252 e. The molecule has 1 heterocycles. The van der Waals surface area contributed by atoms with Gasteiger partial charge in [-0.25, -0.2) is 0 Å². The van der Waals surface area contributed by atoms with Crippen LogP contribution >= 0.6 is 11.3 Å². The first-order valence-corrected chi connectivity index (χ1v) is 7.57. The van der Waals surface area contributed by atoms with Crippen LogP contribution in [0.25, 0.3) is 0 Å². The molecule has 0 saturated carbocycles. The summed E-state index contributed by atoms with van der Waals surface area (Å²) in [5, 5.41) is 4.71. The first-order valence-electron chi connectivity index (χ1n) is 6.69. The summed E-state index contributed by atoms with van der Waals surface area (Å²) in [6.45, 7) is 2.71. The fourth-order valence-electron chi connectivity index (χ4n) is 1.89. The average molecular weight is 287 g/mol. The molecule has 1 aromatic carbocycles. The summed E-state index contributed by atoms with van der Waals surface area (Å²) in [4.78, 5) is 25.2. The van der Waals surface area contributed by atoms with Crippen molar-refractivity contribution in [1.29, 1.82) is 0 Å². The van der Waals surface area contributed by atoms with E-state index in [9.17, 15) is 9.59 Å². The number of amides is 1. The number of carbonyl (C=O) groups excluding carboxylic acids is 2. The molecule has 0 saturated heterocycles. The summed E-state index contributed by atoms with van der Waals surface area (Å²) < 4.78 is 0. The molecule has 0 aliphatic rings. The molecule has 3 nitrogen and oxygen atoms in total. The normalized spacial score (nSPS) is 10.2. The standard InChI is InChI=1S/C16H17NO2S/c1-2-3-10-17-16(19)13-8-5-4-7-12(13)15(18)14-9-6-11-20-14/h4-9,11H,2-3,10H2,1H3,(H,17,19). The quantitative estimate of drug-likeness (QED) is 0.653. The van der Waals surface area contributed by atoms with E-state index in [4.69, 9.17) is 0 Å². The van der Waals surface area contributed by atoms with Crippen LogP contribution < -0.4 is 5.32 Å². The lowest BCUT2D eigenvalue weighted by Crippen LogP contribution is -2.26. The fourth-order valence-corrected chi connectivity index (χ4v) is 2.57. The van der Waals surface area contributed by atoms with E-state index in [-0.39, 0.29) is 11.7 Å². The maximum absolute atomic E-state index is 12.4. The molecule has 0 radical (unpaired) electrons. The molecule has 2 aromatic rings. The minimum absolute atomic E-state index is 0.0961. The van der Waals surface area contributed by atoms with Crippen molar-refractivity contribution in [3.05, 3.63) is 57.8 Å². The minimum atomic E-state index is -0.182. The topological polar surface area (TPSA) is 46.2 Å². The van der Waals surface area contributed by atoms with Crippen LogP contribution in [0.3, 0.4) is 0 Å². The molecule has 0 spiro atoms. The summed E-state index contributed by atoms with van der Waals surface area (Å²) >= 11 is 1.39. The number of nitrogens with one attached hydrogen (secondary N) is 1. The van der Waals surface area contributed by atoms with Crippen molar-refractivity contribution in [2.24, 2.45) is 0 Å². The molecule has 2 rings (SSSR count). The van der Waals surface area contributed by atoms with Crippen molar-refractivity contribution in [3.63, 3.8) is 0 Å².